The summed E-state index contributed by atoms with van der Waals surface area (Å²) in [5.41, 5.74) is -0.0147. The number of aromatic nitrogens is 1. The molecule has 0 aliphatic carbocycles. The van der Waals surface area contributed by atoms with Crippen molar-refractivity contribution in [2.45, 2.75) is 25.8 Å². The Morgan fingerprint density at radius 2 is 2.14 bits per heavy atom. The monoisotopic (exact) mass is 325 g/mol. The van der Waals surface area contributed by atoms with Gasteiger partial charge in [-0.3, -0.25) is 10.1 Å². The molecule has 6 nitrogen and oxygen atoms in total. The summed E-state index contributed by atoms with van der Waals surface area (Å²) in [6.45, 7) is 3.30. The SMILES string of the molecule is CC(C)(CC(=O)O)NC(=O)Nc1nc(-c2cccs2)cs1. The number of hydrogen-bond donors (Lipinski definition) is 3. The van der Waals surface area contributed by atoms with Gasteiger partial charge in [-0.25, -0.2) is 9.78 Å². The number of rotatable bonds is 5. The maximum Gasteiger partial charge on any atom is 0.321 e. The first-order valence-electron chi connectivity index (χ1n) is 6.16. The molecule has 0 aromatic carbocycles. The molecule has 2 amide bonds. The van der Waals surface area contributed by atoms with Crippen LogP contribution in [0.4, 0.5) is 9.93 Å². The van der Waals surface area contributed by atoms with Crippen molar-refractivity contribution in [3.8, 4) is 10.6 Å². The highest BCUT2D eigenvalue weighted by Crippen LogP contribution is 2.28. The largest absolute Gasteiger partial charge is 0.481 e. The van der Waals surface area contributed by atoms with Crippen molar-refractivity contribution in [2.24, 2.45) is 0 Å². The van der Waals surface area contributed by atoms with Crippen molar-refractivity contribution in [1.82, 2.24) is 10.3 Å². The van der Waals surface area contributed by atoms with E-state index in [4.69, 9.17) is 5.11 Å². The lowest BCUT2D eigenvalue weighted by molar-refractivity contribution is -0.138. The number of carbonyl (C=O) groups excluding carboxylic acids is 1. The van der Waals surface area contributed by atoms with Crippen molar-refractivity contribution in [3.63, 3.8) is 0 Å². The number of carbonyl (C=O) groups is 2. The van der Waals surface area contributed by atoms with Crippen LogP contribution in [0.15, 0.2) is 22.9 Å². The van der Waals surface area contributed by atoms with E-state index in [-0.39, 0.29) is 6.42 Å². The summed E-state index contributed by atoms with van der Waals surface area (Å²) in [7, 11) is 0. The zero-order valence-corrected chi connectivity index (χ0v) is 13.2. The molecule has 0 saturated carbocycles. The summed E-state index contributed by atoms with van der Waals surface area (Å²) in [4.78, 5) is 27.9. The molecule has 8 heteroatoms. The molecule has 21 heavy (non-hydrogen) atoms. The van der Waals surface area contributed by atoms with Gasteiger partial charge in [0.1, 0.15) is 0 Å². The minimum Gasteiger partial charge on any atom is -0.481 e. The predicted molar refractivity (Wildman–Crippen MR) is 83.9 cm³/mol. The molecule has 0 unspecified atom stereocenters. The van der Waals surface area contributed by atoms with E-state index in [9.17, 15) is 9.59 Å². The number of anilines is 1. The molecule has 0 aliphatic heterocycles. The Balaban J connectivity index is 1.96. The molecular weight excluding hydrogens is 310 g/mol. The number of carboxylic acid groups (broad SMARTS) is 1. The fraction of sp³-hybridized carbons (Fsp3) is 0.308. The number of thiazole rings is 1. The number of aliphatic carboxylic acids is 1. The van der Waals surface area contributed by atoms with Gasteiger partial charge in [-0.05, 0) is 25.3 Å². The molecule has 2 rings (SSSR count). The fourth-order valence-electron chi connectivity index (χ4n) is 1.73. The van der Waals surface area contributed by atoms with Crippen LogP contribution in [0.2, 0.25) is 0 Å². The van der Waals surface area contributed by atoms with Crippen LogP contribution in [0.3, 0.4) is 0 Å². The average molecular weight is 325 g/mol. The van der Waals surface area contributed by atoms with E-state index in [1.807, 2.05) is 22.9 Å². The van der Waals surface area contributed by atoms with Gasteiger partial charge in [-0.15, -0.1) is 22.7 Å². The summed E-state index contributed by atoms with van der Waals surface area (Å²) in [5.74, 6) is -0.963. The molecule has 2 aromatic heterocycles. The second kappa shape index (κ2) is 6.23. The van der Waals surface area contributed by atoms with Crippen molar-refractivity contribution >= 4 is 39.8 Å². The van der Waals surface area contributed by atoms with Crippen LogP contribution in [0.5, 0.6) is 0 Å². The molecule has 0 atom stereocenters. The lowest BCUT2D eigenvalue weighted by Crippen LogP contribution is -2.46. The summed E-state index contributed by atoms with van der Waals surface area (Å²) >= 11 is 2.90. The van der Waals surface area contributed by atoms with Crippen molar-refractivity contribution in [1.29, 1.82) is 0 Å². The summed E-state index contributed by atoms with van der Waals surface area (Å²) in [6.07, 6.45) is -0.154. The van der Waals surface area contributed by atoms with E-state index in [1.165, 1.54) is 11.3 Å². The number of nitrogens with zero attached hydrogens (tertiary/aromatic N) is 1. The highest BCUT2D eigenvalue weighted by molar-refractivity contribution is 7.16. The third-order valence-corrected chi connectivity index (χ3v) is 4.19. The maximum atomic E-state index is 11.9. The Bertz CT molecular complexity index is 635. The average Bonchev–Trinajstić information content (AvgIpc) is 2.94. The molecule has 0 aliphatic rings. The van der Waals surface area contributed by atoms with Gasteiger partial charge in [0.05, 0.1) is 17.0 Å². The highest BCUT2D eigenvalue weighted by Gasteiger charge is 2.24. The van der Waals surface area contributed by atoms with Gasteiger partial charge < -0.3 is 10.4 Å². The van der Waals surface area contributed by atoms with Gasteiger partial charge in [0.25, 0.3) is 0 Å². The summed E-state index contributed by atoms with van der Waals surface area (Å²) in [6, 6.07) is 3.43. The van der Waals surface area contributed by atoms with Crippen molar-refractivity contribution < 1.29 is 14.7 Å². The van der Waals surface area contributed by atoms with Crippen LogP contribution in [0, 0.1) is 0 Å². The molecular formula is C13H15N3O3S2. The number of urea groups is 1. The maximum absolute atomic E-state index is 11.9. The molecule has 112 valence electrons. The van der Waals surface area contributed by atoms with Crippen LogP contribution in [-0.4, -0.2) is 27.6 Å². The van der Waals surface area contributed by atoms with Gasteiger partial charge >= 0.3 is 12.0 Å². The Morgan fingerprint density at radius 1 is 1.38 bits per heavy atom. The van der Waals surface area contributed by atoms with Crippen LogP contribution < -0.4 is 10.6 Å². The van der Waals surface area contributed by atoms with Crippen LogP contribution in [-0.2, 0) is 4.79 Å². The van der Waals surface area contributed by atoms with Gasteiger partial charge in [0.2, 0.25) is 0 Å². The second-order valence-electron chi connectivity index (χ2n) is 5.05. The Morgan fingerprint density at radius 3 is 2.76 bits per heavy atom. The Kier molecular flexibility index (Phi) is 4.59. The summed E-state index contributed by atoms with van der Waals surface area (Å²) in [5, 5.41) is 18.3. The number of carboxylic acids is 1. The van der Waals surface area contributed by atoms with Gasteiger partial charge in [-0.2, -0.15) is 0 Å². The van der Waals surface area contributed by atoms with E-state index in [1.54, 1.807) is 25.2 Å². The van der Waals surface area contributed by atoms with Crippen molar-refractivity contribution in [3.05, 3.63) is 22.9 Å². The highest BCUT2D eigenvalue weighted by atomic mass is 32.1. The molecule has 0 saturated heterocycles. The number of thiophene rings is 1. The number of amides is 2. The number of nitrogens with one attached hydrogen (secondary N) is 2. The van der Waals surface area contributed by atoms with Crippen LogP contribution in [0.1, 0.15) is 20.3 Å². The van der Waals surface area contributed by atoms with Crippen molar-refractivity contribution in [2.75, 3.05) is 5.32 Å². The minimum absolute atomic E-state index is 0.154. The Hall–Kier alpha value is -1.93. The van der Waals surface area contributed by atoms with E-state index in [2.05, 4.69) is 15.6 Å². The van der Waals surface area contributed by atoms with Gasteiger partial charge in [0.15, 0.2) is 5.13 Å². The molecule has 2 aromatic rings. The standard InChI is InChI=1S/C13H15N3O3S2/c1-13(2,6-10(17)18)16-11(19)15-12-14-8(7-21-12)9-4-3-5-20-9/h3-5,7H,6H2,1-2H3,(H,17,18)(H2,14,15,16,19). The van der Waals surface area contributed by atoms with E-state index >= 15 is 0 Å². The quantitative estimate of drug-likeness (QED) is 0.787. The van der Waals surface area contributed by atoms with Crippen LogP contribution >= 0.6 is 22.7 Å². The van der Waals surface area contributed by atoms with Gasteiger partial charge in [0, 0.05) is 10.9 Å². The minimum atomic E-state index is -0.963. The molecule has 0 spiro atoms. The lowest BCUT2D eigenvalue weighted by Gasteiger charge is -2.23. The second-order valence-corrected chi connectivity index (χ2v) is 6.85. The smallest absolute Gasteiger partial charge is 0.321 e. The Labute approximate surface area is 129 Å². The van der Waals surface area contributed by atoms with E-state index in [0.29, 0.717) is 5.13 Å². The first-order valence-corrected chi connectivity index (χ1v) is 7.92. The molecule has 3 N–H and O–H groups in total. The lowest BCUT2D eigenvalue weighted by atomic mass is 10.0. The third-order valence-electron chi connectivity index (χ3n) is 2.54. The molecule has 2 heterocycles. The first kappa shape index (κ1) is 15.5. The zero-order valence-electron chi connectivity index (χ0n) is 11.5. The molecule has 0 radical (unpaired) electrons. The fourth-order valence-corrected chi connectivity index (χ4v) is 3.19. The topological polar surface area (TPSA) is 91.3 Å². The molecule has 0 fully saturated rings. The zero-order chi connectivity index (χ0) is 15.5. The van der Waals surface area contributed by atoms with E-state index < -0.39 is 17.5 Å². The van der Waals surface area contributed by atoms with Gasteiger partial charge in [-0.1, -0.05) is 6.07 Å². The normalized spacial score (nSPS) is 11.1. The third kappa shape index (κ3) is 4.54. The first-order chi connectivity index (χ1) is 9.85. The van der Waals surface area contributed by atoms with E-state index in [0.717, 1.165) is 10.6 Å². The number of hydrogen-bond acceptors (Lipinski definition) is 5. The predicted octanol–water partition coefficient (Wildman–Crippen LogP) is 3.25. The summed E-state index contributed by atoms with van der Waals surface area (Å²) < 4.78 is 0. The molecule has 0 bridgehead atoms. The van der Waals surface area contributed by atoms with Crippen LogP contribution in [0.25, 0.3) is 10.6 Å².